The van der Waals surface area contributed by atoms with E-state index in [1.165, 1.54) is 11.8 Å². The fourth-order valence-electron chi connectivity index (χ4n) is 4.19. The van der Waals surface area contributed by atoms with Crippen molar-refractivity contribution in [2.24, 2.45) is 0 Å². The van der Waals surface area contributed by atoms with Gasteiger partial charge in [0.05, 0.1) is 28.0 Å². The van der Waals surface area contributed by atoms with Crippen molar-refractivity contribution in [1.82, 2.24) is 9.55 Å². The minimum atomic E-state index is -0.205. The molecule has 2 aromatic carbocycles. The summed E-state index contributed by atoms with van der Waals surface area (Å²) in [4.78, 5) is 44.6. The number of nitrogens with one attached hydrogen (secondary N) is 1. The Morgan fingerprint density at radius 3 is 2.65 bits per heavy atom. The van der Waals surface area contributed by atoms with Crippen LogP contribution in [0.1, 0.15) is 45.4 Å². The Morgan fingerprint density at radius 2 is 1.85 bits per heavy atom. The topological polar surface area (TPSA) is 84.3 Å². The van der Waals surface area contributed by atoms with Gasteiger partial charge in [-0.3, -0.25) is 19.0 Å². The zero-order chi connectivity index (χ0) is 23.9. The van der Waals surface area contributed by atoms with Gasteiger partial charge in [0.15, 0.2) is 5.16 Å². The summed E-state index contributed by atoms with van der Waals surface area (Å²) in [5, 5.41) is 4.09. The highest BCUT2D eigenvalue weighted by Gasteiger charge is 2.24. The molecule has 0 bridgehead atoms. The highest BCUT2D eigenvalue weighted by Crippen LogP contribution is 2.29. The summed E-state index contributed by atoms with van der Waals surface area (Å²) in [7, 11) is 0. The van der Waals surface area contributed by atoms with Gasteiger partial charge in [0.2, 0.25) is 11.8 Å². The molecule has 0 atom stereocenters. The molecule has 4 rings (SSSR count). The second-order valence-corrected chi connectivity index (χ2v) is 9.37. The molecule has 0 spiro atoms. The summed E-state index contributed by atoms with van der Waals surface area (Å²) >= 11 is 1.27. The van der Waals surface area contributed by atoms with Crippen molar-refractivity contribution in [2.75, 3.05) is 22.5 Å². The Balaban J connectivity index is 1.50. The molecule has 1 saturated heterocycles. The molecule has 178 valence electrons. The van der Waals surface area contributed by atoms with Crippen LogP contribution in [0.4, 0.5) is 11.4 Å². The number of fused-ring (bicyclic) bond motifs is 1. The van der Waals surface area contributed by atoms with E-state index in [2.05, 4.69) is 12.2 Å². The molecule has 1 aliphatic rings. The number of hydrogen-bond donors (Lipinski definition) is 1. The summed E-state index contributed by atoms with van der Waals surface area (Å²) in [6.07, 6.45) is 5.54. The Labute approximate surface area is 203 Å². The first-order valence-corrected chi connectivity index (χ1v) is 12.9. The van der Waals surface area contributed by atoms with Gasteiger partial charge < -0.3 is 10.2 Å². The standard InChI is InChI=1S/C26H30N4O3S/c1-2-3-4-9-16-30-25(33)19-11-5-6-12-20(19)28-26(30)34-18-23(31)27-21-13-7-8-14-22(21)29-17-10-15-24(29)32/h5-8,11-14H,2-4,9-10,15-18H2,1H3,(H,27,31). The number of hydrogen-bond acceptors (Lipinski definition) is 5. The van der Waals surface area contributed by atoms with Crippen LogP contribution in [0.5, 0.6) is 0 Å². The van der Waals surface area contributed by atoms with Crippen LogP contribution in [-0.2, 0) is 16.1 Å². The van der Waals surface area contributed by atoms with Gasteiger partial charge in [-0.1, -0.05) is 62.2 Å². The van der Waals surface area contributed by atoms with Gasteiger partial charge in [-0.2, -0.15) is 0 Å². The number of amides is 2. The number of benzene rings is 2. The second kappa shape index (κ2) is 11.3. The number of para-hydroxylation sites is 3. The molecule has 3 aromatic rings. The van der Waals surface area contributed by atoms with E-state index < -0.39 is 0 Å². The van der Waals surface area contributed by atoms with E-state index in [-0.39, 0.29) is 23.1 Å². The summed E-state index contributed by atoms with van der Waals surface area (Å²) in [5.41, 5.74) is 1.91. The third-order valence-corrected chi connectivity index (χ3v) is 6.91. The van der Waals surface area contributed by atoms with Crippen LogP contribution in [-0.4, -0.2) is 33.7 Å². The lowest BCUT2D eigenvalue weighted by molar-refractivity contribution is -0.117. The van der Waals surface area contributed by atoms with Crippen molar-refractivity contribution >= 4 is 45.9 Å². The minimum absolute atomic E-state index is 0.0668. The number of thioether (sulfide) groups is 1. The van der Waals surface area contributed by atoms with Crippen LogP contribution in [0.2, 0.25) is 0 Å². The second-order valence-electron chi connectivity index (χ2n) is 8.43. The highest BCUT2D eigenvalue weighted by molar-refractivity contribution is 7.99. The lowest BCUT2D eigenvalue weighted by atomic mass is 10.2. The zero-order valence-electron chi connectivity index (χ0n) is 19.5. The van der Waals surface area contributed by atoms with Crippen LogP contribution in [0.3, 0.4) is 0 Å². The first kappa shape index (κ1) is 24.0. The quantitative estimate of drug-likeness (QED) is 0.256. The molecule has 0 unspecified atom stereocenters. The summed E-state index contributed by atoms with van der Waals surface area (Å²) in [6, 6.07) is 14.7. The predicted molar refractivity (Wildman–Crippen MR) is 138 cm³/mol. The third-order valence-electron chi connectivity index (χ3n) is 5.94. The molecule has 1 N–H and O–H groups in total. The zero-order valence-corrected chi connectivity index (χ0v) is 20.3. The molecule has 2 amide bonds. The lowest BCUT2D eigenvalue weighted by Gasteiger charge is -2.20. The van der Waals surface area contributed by atoms with Gasteiger partial charge in [-0.25, -0.2) is 4.98 Å². The smallest absolute Gasteiger partial charge is 0.262 e. The average Bonchev–Trinajstić information content (AvgIpc) is 3.27. The number of carbonyl (C=O) groups excluding carboxylic acids is 2. The summed E-state index contributed by atoms with van der Waals surface area (Å²) in [5.74, 6) is -0.0188. The number of rotatable bonds is 10. The maximum Gasteiger partial charge on any atom is 0.262 e. The SMILES string of the molecule is CCCCCCn1c(SCC(=O)Nc2ccccc2N2CCCC2=O)nc2ccccc2c1=O. The van der Waals surface area contributed by atoms with Crippen molar-refractivity contribution in [2.45, 2.75) is 57.1 Å². The van der Waals surface area contributed by atoms with E-state index >= 15 is 0 Å². The van der Waals surface area contributed by atoms with Crippen molar-refractivity contribution in [3.8, 4) is 0 Å². The number of anilines is 2. The summed E-state index contributed by atoms with van der Waals surface area (Å²) < 4.78 is 1.70. The molecule has 0 saturated carbocycles. The van der Waals surface area contributed by atoms with Crippen LogP contribution in [0.25, 0.3) is 10.9 Å². The van der Waals surface area contributed by atoms with Crippen LogP contribution >= 0.6 is 11.8 Å². The molecular formula is C26H30N4O3S. The van der Waals surface area contributed by atoms with Crippen LogP contribution in [0.15, 0.2) is 58.5 Å². The molecule has 1 fully saturated rings. The van der Waals surface area contributed by atoms with Gasteiger partial charge in [-0.05, 0) is 37.1 Å². The fraction of sp³-hybridized carbons (Fsp3) is 0.385. The van der Waals surface area contributed by atoms with E-state index in [0.29, 0.717) is 41.3 Å². The number of unbranched alkanes of at least 4 members (excludes halogenated alkanes) is 3. The monoisotopic (exact) mass is 478 g/mol. The normalized spacial score (nSPS) is 13.6. The van der Waals surface area contributed by atoms with Crippen molar-refractivity contribution < 1.29 is 9.59 Å². The Kier molecular flexibility index (Phi) is 8.00. The molecular weight excluding hydrogens is 448 g/mol. The maximum absolute atomic E-state index is 13.1. The third kappa shape index (κ3) is 5.50. The maximum atomic E-state index is 13.1. The van der Waals surface area contributed by atoms with E-state index in [4.69, 9.17) is 4.98 Å². The Morgan fingerprint density at radius 1 is 1.06 bits per heavy atom. The predicted octanol–water partition coefficient (Wildman–Crippen LogP) is 4.83. The van der Waals surface area contributed by atoms with E-state index in [0.717, 1.165) is 37.8 Å². The van der Waals surface area contributed by atoms with Gasteiger partial charge >= 0.3 is 0 Å². The van der Waals surface area contributed by atoms with Crippen molar-refractivity contribution in [3.63, 3.8) is 0 Å². The molecule has 7 nitrogen and oxygen atoms in total. The van der Waals surface area contributed by atoms with E-state index in [1.807, 2.05) is 36.4 Å². The van der Waals surface area contributed by atoms with Crippen molar-refractivity contribution in [3.05, 3.63) is 58.9 Å². The molecule has 1 aromatic heterocycles. The van der Waals surface area contributed by atoms with Crippen LogP contribution in [0, 0.1) is 0 Å². The minimum Gasteiger partial charge on any atom is -0.324 e. The Hall–Kier alpha value is -3.13. The highest BCUT2D eigenvalue weighted by atomic mass is 32.2. The molecule has 0 aliphatic carbocycles. The molecule has 1 aliphatic heterocycles. The summed E-state index contributed by atoms with van der Waals surface area (Å²) in [6.45, 7) is 3.40. The number of nitrogens with zero attached hydrogens (tertiary/aromatic N) is 3. The average molecular weight is 479 g/mol. The van der Waals surface area contributed by atoms with E-state index in [9.17, 15) is 14.4 Å². The van der Waals surface area contributed by atoms with Gasteiger partial charge in [0, 0.05) is 19.5 Å². The van der Waals surface area contributed by atoms with Gasteiger partial charge in [0.25, 0.3) is 5.56 Å². The largest absolute Gasteiger partial charge is 0.324 e. The fourth-order valence-corrected chi connectivity index (χ4v) is 5.01. The van der Waals surface area contributed by atoms with Crippen LogP contribution < -0.4 is 15.8 Å². The van der Waals surface area contributed by atoms with E-state index in [1.54, 1.807) is 21.6 Å². The lowest BCUT2D eigenvalue weighted by Crippen LogP contribution is -2.26. The number of aromatic nitrogens is 2. The van der Waals surface area contributed by atoms with Crippen molar-refractivity contribution in [1.29, 1.82) is 0 Å². The molecule has 34 heavy (non-hydrogen) atoms. The molecule has 2 heterocycles. The van der Waals surface area contributed by atoms with Gasteiger partial charge in [0.1, 0.15) is 0 Å². The molecule has 8 heteroatoms. The first-order valence-electron chi connectivity index (χ1n) is 11.9. The van der Waals surface area contributed by atoms with Gasteiger partial charge in [-0.15, -0.1) is 0 Å². The Bertz CT molecular complexity index is 1240. The molecule has 0 radical (unpaired) electrons. The first-order chi connectivity index (χ1) is 16.6. The number of carbonyl (C=O) groups is 2.